The number of aliphatic imine (C=N–C) groups is 1. The SMILES string of the molecule is NCSC=NCI. The highest BCUT2D eigenvalue weighted by Gasteiger charge is 1.68. The van der Waals surface area contributed by atoms with Crippen molar-refractivity contribution in [1.82, 2.24) is 0 Å². The minimum atomic E-state index is 0.625. The minimum absolute atomic E-state index is 0.625. The predicted octanol–water partition coefficient (Wildman–Crippen LogP) is 1.06. The van der Waals surface area contributed by atoms with Gasteiger partial charge in [-0.2, -0.15) is 0 Å². The van der Waals surface area contributed by atoms with Gasteiger partial charge in [0, 0.05) is 5.88 Å². The second-order valence-electron chi connectivity index (χ2n) is 0.741. The van der Waals surface area contributed by atoms with E-state index in [2.05, 4.69) is 27.6 Å². The van der Waals surface area contributed by atoms with Gasteiger partial charge in [-0.3, -0.25) is 4.99 Å². The van der Waals surface area contributed by atoms with Gasteiger partial charge in [-0.05, 0) is 0 Å². The van der Waals surface area contributed by atoms with Crippen molar-refractivity contribution in [3.05, 3.63) is 0 Å². The normalized spacial score (nSPS) is 10.6. The number of nitrogens with zero attached hydrogens (tertiary/aromatic N) is 1. The van der Waals surface area contributed by atoms with Gasteiger partial charge in [-0.1, -0.05) is 34.4 Å². The zero-order chi connectivity index (χ0) is 5.54. The smallest absolute Gasteiger partial charge is 0.0910 e. The summed E-state index contributed by atoms with van der Waals surface area (Å²) in [4.78, 5) is 3.91. The summed E-state index contributed by atoms with van der Waals surface area (Å²) >= 11 is 3.69. The topological polar surface area (TPSA) is 38.4 Å². The fourth-order valence-corrected chi connectivity index (χ4v) is 0.854. The molecule has 0 aliphatic rings. The van der Waals surface area contributed by atoms with Crippen molar-refractivity contribution < 1.29 is 0 Å². The molecule has 0 atom stereocenters. The lowest BCUT2D eigenvalue weighted by Crippen LogP contribution is -1.90. The molecule has 0 aliphatic heterocycles. The monoisotopic (exact) mass is 230 g/mol. The molecule has 4 heteroatoms. The largest absolute Gasteiger partial charge is 0.322 e. The first-order valence-electron chi connectivity index (χ1n) is 1.77. The van der Waals surface area contributed by atoms with Gasteiger partial charge in [-0.15, -0.1) is 0 Å². The lowest BCUT2D eigenvalue weighted by Gasteiger charge is -1.80. The van der Waals surface area contributed by atoms with Crippen molar-refractivity contribution in [2.45, 2.75) is 0 Å². The Balaban J connectivity index is 2.78. The Morgan fingerprint density at radius 1 is 1.86 bits per heavy atom. The zero-order valence-electron chi connectivity index (χ0n) is 3.80. The van der Waals surface area contributed by atoms with Crippen LogP contribution in [0.5, 0.6) is 0 Å². The van der Waals surface area contributed by atoms with Gasteiger partial charge in [0.25, 0.3) is 0 Å². The highest BCUT2D eigenvalue weighted by molar-refractivity contribution is 14.1. The molecule has 0 heterocycles. The van der Waals surface area contributed by atoms with Gasteiger partial charge < -0.3 is 5.73 Å². The van der Waals surface area contributed by atoms with Crippen LogP contribution in [0.15, 0.2) is 4.99 Å². The molecule has 0 spiro atoms. The number of rotatable bonds is 3. The molecule has 0 rings (SSSR count). The van der Waals surface area contributed by atoms with Gasteiger partial charge >= 0.3 is 0 Å². The van der Waals surface area contributed by atoms with Gasteiger partial charge in [0.15, 0.2) is 0 Å². The molecule has 2 N–H and O–H groups in total. The van der Waals surface area contributed by atoms with E-state index in [4.69, 9.17) is 5.73 Å². The highest BCUT2D eigenvalue weighted by Crippen LogP contribution is 1.89. The third-order valence-electron chi connectivity index (χ3n) is 0.314. The van der Waals surface area contributed by atoms with E-state index in [-0.39, 0.29) is 0 Å². The Hall–Kier alpha value is 0.710. The molecule has 0 aromatic carbocycles. The summed E-state index contributed by atoms with van der Waals surface area (Å²) in [6, 6.07) is 0. The maximum Gasteiger partial charge on any atom is 0.0910 e. The number of thioether (sulfide) groups is 1. The van der Waals surface area contributed by atoms with Crippen LogP contribution >= 0.6 is 34.4 Å². The summed E-state index contributed by atoms with van der Waals surface area (Å²) in [5.41, 5.74) is 6.91. The van der Waals surface area contributed by atoms with E-state index in [0.29, 0.717) is 5.88 Å². The maximum atomic E-state index is 5.14. The minimum Gasteiger partial charge on any atom is -0.322 e. The van der Waals surface area contributed by atoms with Crippen molar-refractivity contribution >= 4 is 39.9 Å². The van der Waals surface area contributed by atoms with E-state index in [1.54, 1.807) is 5.55 Å². The van der Waals surface area contributed by atoms with Gasteiger partial charge in [-0.25, -0.2) is 0 Å². The molecule has 0 aliphatic carbocycles. The molecule has 2 nitrogen and oxygen atoms in total. The Morgan fingerprint density at radius 2 is 2.57 bits per heavy atom. The van der Waals surface area contributed by atoms with Crippen molar-refractivity contribution in [2.24, 2.45) is 10.7 Å². The number of nitrogens with two attached hydrogens (primary N) is 1. The lowest BCUT2D eigenvalue weighted by molar-refractivity contribution is 1.41. The summed E-state index contributed by atoms with van der Waals surface area (Å²) in [6.07, 6.45) is 0. The summed E-state index contributed by atoms with van der Waals surface area (Å²) in [5.74, 6) is 0.625. The molecule has 0 radical (unpaired) electrons. The van der Waals surface area contributed by atoms with E-state index < -0.39 is 0 Å². The van der Waals surface area contributed by atoms with Crippen LogP contribution in [-0.2, 0) is 0 Å². The molecule has 7 heavy (non-hydrogen) atoms. The van der Waals surface area contributed by atoms with E-state index >= 15 is 0 Å². The van der Waals surface area contributed by atoms with E-state index in [1.165, 1.54) is 11.8 Å². The molecule has 0 bridgehead atoms. The molecule has 42 valence electrons. The van der Waals surface area contributed by atoms with E-state index in [1.807, 2.05) is 0 Å². The first kappa shape index (κ1) is 7.71. The number of hydrogen-bond donors (Lipinski definition) is 1. The maximum absolute atomic E-state index is 5.14. The average molecular weight is 230 g/mol. The highest BCUT2D eigenvalue weighted by atomic mass is 127. The summed E-state index contributed by atoms with van der Waals surface area (Å²) in [6.45, 7) is 0. The van der Waals surface area contributed by atoms with Crippen molar-refractivity contribution in [1.29, 1.82) is 0 Å². The summed E-state index contributed by atoms with van der Waals surface area (Å²) < 4.78 is 0.824. The second kappa shape index (κ2) is 6.71. The molecular weight excluding hydrogens is 223 g/mol. The molecule has 0 unspecified atom stereocenters. The van der Waals surface area contributed by atoms with Gasteiger partial charge in [0.1, 0.15) is 0 Å². The molecular formula is C3H7IN2S. The summed E-state index contributed by atoms with van der Waals surface area (Å²) in [5, 5.41) is 0. The van der Waals surface area contributed by atoms with E-state index in [9.17, 15) is 0 Å². The van der Waals surface area contributed by atoms with Crippen LogP contribution in [-0.4, -0.2) is 16.0 Å². The second-order valence-corrected chi connectivity index (χ2v) is 2.30. The van der Waals surface area contributed by atoms with E-state index in [0.717, 1.165) is 4.55 Å². The first-order valence-corrected chi connectivity index (χ1v) is 4.35. The van der Waals surface area contributed by atoms with Crippen LogP contribution in [0.4, 0.5) is 0 Å². The van der Waals surface area contributed by atoms with Crippen molar-refractivity contribution in [3.63, 3.8) is 0 Å². The average Bonchev–Trinajstić information content (AvgIpc) is 1.69. The van der Waals surface area contributed by atoms with Crippen molar-refractivity contribution in [3.8, 4) is 0 Å². The van der Waals surface area contributed by atoms with Crippen LogP contribution in [0, 0.1) is 0 Å². The molecule has 0 aromatic heterocycles. The molecule has 0 saturated carbocycles. The van der Waals surface area contributed by atoms with Crippen LogP contribution in [0.3, 0.4) is 0 Å². The van der Waals surface area contributed by atoms with Crippen LogP contribution in [0.25, 0.3) is 0 Å². The summed E-state index contributed by atoms with van der Waals surface area (Å²) in [7, 11) is 0. The first-order chi connectivity index (χ1) is 3.41. The number of hydrogen-bond acceptors (Lipinski definition) is 3. The van der Waals surface area contributed by atoms with Crippen LogP contribution < -0.4 is 5.73 Å². The Kier molecular flexibility index (Phi) is 7.39. The molecule has 0 amide bonds. The third kappa shape index (κ3) is 6.71. The fourth-order valence-electron chi connectivity index (χ4n) is 0.124. The Labute approximate surface area is 61.1 Å². The molecule has 0 aromatic rings. The standard InChI is InChI=1S/C3H7IN2S/c4-1-6-3-7-2-5/h3H,1-2,5H2. The van der Waals surface area contributed by atoms with Gasteiger partial charge in [0.2, 0.25) is 0 Å². The lowest BCUT2D eigenvalue weighted by atomic mass is 11.4. The number of alkyl halides is 1. The Bertz CT molecular complexity index is 56.9. The molecule has 0 fully saturated rings. The predicted molar refractivity (Wildman–Crippen MR) is 44.0 cm³/mol. The Morgan fingerprint density at radius 3 is 3.00 bits per heavy atom. The zero-order valence-corrected chi connectivity index (χ0v) is 6.78. The number of halogens is 1. The molecule has 0 saturated heterocycles. The van der Waals surface area contributed by atoms with Crippen LogP contribution in [0.2, 0.25) is 0 Å². The fraction of sp³-hybridized carbons (Fsp3) is 0.667. The quantitative estimate of drug-likeness (QED) is 0.196. The third-order valence-corrected chi connectivity index (χ3v) is 1.20. The van der Waals surface area contributed by atoms with Crippen molar-refractivity contribution in [2.75, 3.05) is 10.4 Å². The van der Waals surface area contributed by atoms with Crippen LogP contribution in [0.1, 0.15) is 0 Å². The van der Waals surface area contributed by atoms with Gasteiger partial charge in [0.05, 0.1) is 10.1 Å².